The Bertz CT molecular complexity index is 711. The van der Waals surface area contributed by atoms with Gasteiger partial charge in [0.05, 0.1) is 17.9 Å². The van der Waals surface area contributed by atoms with Gasteiger partial charge in [-0.2, -0.15) is 10.1 Å². The molecule has 3 heterocycles. The van der Waals surface area contributed by atoms with Gasteiger partial charge in [0.25, 0.3) is 5.95 Å². The molecule has 118 valence electrons. The predicted molar refractivity (Wildman–Crippen MR) is 77.8 cm³/mol. The van der Waals surface area contributed by atoms with Crippen LogP contribution in [0.15, 0.2) is 4.52 Å². The molecule has 1 aliphatic rings. The van der Waals surface area contributed by atoms with Crippen LogP contribution < -0.4 is 5.32 Å². The Morgan fingerprint density at radius 1 is 1.45 bits per heavy atom. The van der Waals surface area contributed by atoms with Crippen molar-refractivity contribution >= 4 is 11.9 Å². The highest BCUT2D eigenvalue weighted by Crippen LogP contribution is 2.24. The van der Waals surface area contributed by atoms with Gasteiger partial charge in [-0.3, -0.25) is 4.68 Å². The summed E-state index contributed by atoms with van der Waals surface area (Å²) in [4.78, 5) is 15.7. The summed E-state index contributed by atoms with van der Waals surface area (Å²) < 4.78 is 6.97. The molecule has 0 amide bonds. The average Bonchev–Trinajstić information content (AvgIpc) is 3.09. The van der Waals surface area contributed by atoms with Gasteiger partial charge in [-0.25, -0.2) is 4.79 Å². The molecule has 0 aromatic carbocycles. The molecule has 2 aromatic rings. The Hall–Kier alpha value is -2.38. The van der Waals surface area contributed by atoms with E-state index in [0.717, 1.165) is 25.1 Å². The van der Waals surface area contributed by atoms with Crippen molar-refractivity contribution in [3.63, 3.8) is 0 Å². The van der Waals surface area contributed by atoms with Crippen LogP contribution in [-0.4, -0.2) is 31.0 Å². The van der Waals surface area contributed by atoms with Gasteiger partial charge in [0, 0.05) is 12.0 Å². The van der Waals surface area contributed by atoms with E-state index in [9.17, 15) is 9.90 Å². The minimum atomic E-state index is -0.941. The van der Waals surface area contributed by atoms with Gasteiger partial charge in [0.1, 0.15) is 5.56 Å². The van der Waals surface area contributed by atoms with Crippen molar-refractivity contribution in [1.82, 2.24) is 19.9 Å². The van der Waals surface area contributed by atoms with E-state index in [2.05, 4.69) is 20.6 Å². The molecule has 0 saturated carbocycles. The number of aryl methyl sites for hydroxylation is 1. The third-order valence-corrected chi connectivity index (χ3v) is 3.61. The average molecular weight is 305 g/mol. The van der Waals surface area contributed by atoms with Crippen LogP contribution in [0.5, 0.6) is 0 Å². The highest BCUT2D eigenvalue weighted by molar-refractivity contribution is 5.90. The van der Waals surface area contributed by atoms with Gasteiger partial charge in [-0.15, -0.1) is 0 Å². The molecule has 22 heavy (non-hydrogen) atoms. The van der Waals surface area contributed by atoms with Gasteiger partial charge in [-0.1, -0.05) is 20.8 Å². The fourth-order valence-corrected chi connectivity index (χ4v) is 2.52. The fourth-order valence-electron chi connectivity index (χ4n) is 2.52. The topological polar surface area (TPSA) is 106 Å². The number of carboxylic acids is 1. The number of rotatable bonds is 4. The van der Waals surface area contributed by atoms with Gasteiger partial charge >= 0.3 is 5.97 Å². The first-order valence-electron chi connectivity index (χ1n) is 7.26. The summed E-state index contributed by atoms with van der Waals surface area (Å²) in [6.45, 7) is 6.96. The van der Waals surface area contributed by atoms with Gasteiger partial charge in [0.2, 0.25) is 5.89 Å². The summed E-state index contributed by atoms with van der Waals surface area (Å²) in [6.07, 6.45) is 1.70. The molecule has 0 atom stereocenters. The first kappa shape index (κ1) is 14.6. The standard InChI is InChI=1S/C14H19N5O3/c1-14(2,3)12-16-13(18-22-12)15-7-8-10(11(20)21)9-5-4-6-19(9)17-8/h4-7H2,1-3H3,(H,15,18)(H,20,21). The predicted octanol–water partition coefficient (Wildman–Crippen LogP) is 1.82. The van der Waals surface area contributed by atoms with Crippen LogP contribution in [0.4, 0.5) is 5.95 Å². The summed E-state index contributed by atoms with van der Waals surface area (Å²) >= 11 is 0. The van der Waals surface area contributed by atoms with Crippen molar-refractivity contribution in [2.45, 2.75) is 52.1 Å². The monoisotopic (exact) mass is 305 g/mol. The number of nitrogens with one attached hydrogen (secondary N) is 1. The molecule has 0 bridgehead atoms. The molecule has 3 rings (SSSR count). The van der Waals surface area contributed by atoms with Crippen molar-refractivity contribution in [3.05, 3.63) is 22.8 Å². The second kappa shape index (κ2) is 5.11. The van der Waals surface area contributed by atoms with Crippen molar-refractivity contribution in [2.75, 3.05) is 5.32 Å². The molecule has 2 aromatic heterocycles. The maximum Gasteiger partial charge on any atom is 0.339 e. The lowest BCUT2D eigenvalue weighted by atomic mass is 9.97. The van der Waals surface area contributed by atoms with Gasteiger partial charge in [-0.05, 0) is 18.0 Å². The van der Waals surface area contributed by atoms with Crippen LogP contribution in [-0.2, 0) is 24.9 Å². The lowest BCUT2D eigenvalue weighted by molar-refractivity contribution is 0.0694. The van der Waals surface area contributed by atoms with Gasteiger partial charge in [0.15, 0.2) is 0 Å². The molecule has 8 nitrogen and oxygen atoms in total. The first-order chi connectivity index (χ1) is 10.4. The lowest BCUT2D eigenvalue weighted by Gasteiger charge is -2.10. The van der Waals surface area contributed by atoms with Crippen LogP contribution >= 0.6 is 0 Å². The number of aromatic nitrogens is 4. The third kappa shape index (κ3) is 2.56. The van der Waals surface area contributed by atoms with Crippen molar-refractivity contribution < 1.29 is 14.4 Å². The lowest BCUT2D eigenvalue weighted by Crippen LogP contribution is -2.12. The largest absolute Gasteiger partial charge is 0.478 e. The zero-order valence-corrected chi connectivity index (χ0v) is 12.9. The van der Waals surface area contributed by atoms with Crippen molar-refractivity contribution in [3.8, 4) is 0 Å². The van der Waals surface area contributed by atoms with E-state index in [1.807, 2.05) is 20.8 Å². The SMILES string of the molecule is CC(C)(C)c1nc(NCc2nn3c(c2C(=O)O)CCC3)no1. The molecule has 0 saturated heterocycles. The Kier molecular flexibility index (Phi) is 3.38. The molecule has 1 aliphatic heterocycles. The van der Waals surface area contributed by atoms with E-state index in [-0.39, 0.29) is 12.0 Å². The Balaban J connectivity index is 1.77. The van der Waals surface area contributed by atoms with Crippen molar-refractivity contribution in [1.29, 1.82) is 0 Å². The number of hydrogen-bond donors (Lipinski definition) is 2. The summed E-state index contributed by atoms with van der Waals surface area (Å²) in [5.41, 5.74) is 1.37. The summed E-state index contributed by atoms with van der Waals surface area (Å²) in [6, 6.07) is 0. The minimum Gasteiger partial charge on any atom is -0.478 e. The number of fused-ring (bicyclic) bond motifs is 1. The summed E-state index contributed by atoms with van der Waals surface area (Å²) in [5.74, 6) is -0.0707. The highest BCUT2D eigenvalue weighted by atomic mass is 16.5. The zero-order chi connectivity index (χ0) is 15.9. The Morgan fingerprint density at radius 2 is 2.23 bits per heavy atom. The normalized spacial score (nSPS) is 14.1. The third-order valence-electron chi connectivity index (χ3n) is 3.61. The molecule has 0 unspecified atom stereocenters. The maximum atomic E-state index is 11.5. The quantitative estimate of drug-likeness (QED) is 0.887. The van der Waals surface area contributed by atoms with Crippen LogP contribution in [0.1, 0.15) is 54.8 Å². The van der Waals surface area contributed by atoms with Crippen molar-refractivity contribution in [2.24, 2.45) is 0 Å². The molecule has 0 radical (unpaired) electrons. The van der Waals surface area contributed by atoms with E-state index < -0.39 is 5.97 Å². The Labute approximate surface area is 127 Å². The molecular formula is C14H19N5O3. The van der Waals surface area contributed by atoms with Crippen LogP contribution in [0.25, 0.3) is 0 Å². The number of carboxylic acid groups (broad SMARTS) is 1. The van der Waals surface area contributed by atoms with Crippen LogP contribution in [0, 0.1) is 0 Å². The molecular weight excluding hydrogens is 286 g/mol. The summed E-state index contributed by atoms with van der Waals surface area (Å²) in [5, 5.41) is 20.6. The van der Waals surface area contributed by atoms with E-state index in [0.29, 0.717) is 23.1 Å². The molecule has 0 aliphatic carbocycles. The smallest absolute Gasteiger partial charge is 0.339 e. The number of nitrogens with zero attached hydrogens (tertiary/aromatic N) is 4. The van der Waals surface area contributed by atoms with E-state index in [1.165, 1.54) is 0 Å². The second-order valence-corrected chi connectivity index (χ2v) is 6.43. The van der Waals surface area contributed by atoms with E-state index >= 15 is 0 Å². The van der Waals surface area contributed by atoms with E-state index in [1.54, 1.807) is 4.68 Å². The fraction of sp³-hybridized carbons (Fsp3) is 0.571. The summed E-state index contributed by atoms with van der Waals surface area (Å²) in [7, 11) is 0. The number of hydrogen-bond acceptors (Lipinski definition) is 6. The van der Waals surface area contributed by atoms with E-state index in [4.69, 9.17) is 4.52 Å². The molecule has 2 N–H and O–H groups in total. The Morgan fingerprint density at radius 3 is 2.86 bits per heavy atom. The molecule has 8 heteroatoms. The molecule has 0 spiro atoms. The minimum absolute atomic E-state index is 0.227. The number of carbonyl (C=O) groups is 1. The highest BCUT2D eigenvalue weighted by Gasteiger charge is 2.26. The van der Waals surface area contributed by atoms with Crippen LogP contribution in [0.3, 0.4) is 0 Å². The van der Waals surface area contributed by atoms with Gasteiger partial charge < -0.3 is 14.9 Å². The first-order valence-corrected chi connectivity index (χ1v) is 7.26. The second-order valence-electron chi connectivity index (χ2n) is 6.43. The maximum absolute atomic E-state index is 11.5. The van der Waals surface area contributed by atoms with Crippen LogP contribution in [0.2, 0.25) is 0 Å². The number of anilines is 1. The zero-order valence-electron chi connectivity index (χ0n) is 12.9. The number of aromatic carboxylic acids is 1. The molecule has 0 fully saturated rings.